The van der Waals surface area contributed by atoms with Gasteiger partial charge in [-0.15, -0.1) is 46.7 Å². The molecule has 0 saturated carbocycles. The van der Waals surface area contributed by atoms with Gasteiger partial charge in [-0.2, -0.15) is 28.3 Å². The van der Waals surface area contributed by atoms with Crippen molar-refractivity contribution in [2.45, 2.75) is 40.8 Å². The minimum Gasteiger partial charge on any atom is -0.265 e. The molecular weight excluding hydrogens is 434 g/mol. The van der Waals surface area contributed by atoms with Crippen LogP contribution in [0.5, 0.6) is 0 Å². The Labute approximate surface area is 184 Å². The van der Waals surface area contributed by atoms with E-state index in [4.69, 9.17) is 0 Å². The molecule has 0 radical (unpaired) electrons. The molecule has 3 heteroatoms. The van der Waals surface area contributed by atoms with Gasteiger partial charge in [0, 0.05) is 12.4 Å². The summed E-state index contributed by atoms with van der Waals surface area (Å²) in [6.07, 6.45) is 3.70. The number of benzene rings is 1. The smallest absolute Gasteiger partial charge is 0.0267 e. The largest absolute Gasteiger partial charge is 0.265 e. The molecule has 0 aliphatic rings. The van der Waals surface area contributed by atoms with Crippen LogP contribution in [0, 0.1) is 27.7 Å². The van der Waals surface area contributed by atoms with E-state index in [1.165, 1.54) is 44.2 Å². The molecule has 0 spiro atoms. The van der Waals surface area contributed by atoms with Gasteiger partial charge in [-0.05, 0) is 11.6 Å². The molecule has 0 aliphatic carbocycles. The number of nitrogens with zero attached hydrogens (tertiary/aromatic N) is 1. The first-order valence-corrected chi connectivity index (χ1v) is 15.8. The fraction of sp³-hybridized carbons (Fsp3) is 0.240. The van der Waals surface area contributed by atoms with Gasteiger partial charge in [-0.25, -0.2) is 0 Å². The Morgan fingerprint density at radius 1 is 0.893 bits per heavy atom. The zero-order chi connectivity index (χ0) is 20.7. The zero-order valence-corrected chi connectivity index (χ0v) is 21.3. The average Bonchev–Trinajstić information content (AvgIpc) is 3.20. The Hall–Kier alpha value is -1.57. The number of fused-ring (bicyclic) bond motifs is 1. The van der Waals surface area contributed by atoms with Gasteiger partial charge in [-0.1, -0.05) is 39.8 Å². The van der Waals surface area contributed by atoms with Crippen LogP contribution in [0.2, 0.25) is 13.1 Å². The first-order chi connectivity index (χ1) is 13.3. The van der Waals surface area contributed by atoms with Crippen LogP contribution in [0.1, 0.15) is 22.3 Å². The van der Waals surface area contributed by atoms with Crippen molar-refractivity contribution < 1.29 is 23.3 Å². The molecule has 1 heterocycles. The summed E-state index contributed by atoms with van der Waals surface area (Å²) in [7, 11) is 0. The first-order valence-electron chi connectivity index (χ1n) is 9.58. The molecule has 28 heavy (non-hydrogen) atoms. The zero-order valence-electron chi connectivity index (χ0n) is 17.8. The second kappa shape index (κ2) is 10.8. The SMILES string of the molecule is C[Si](C)=[Zr+2].Cc1[cH-]c(C)c(C)c1C.c1cncc(-c2c[cH-]c3ccccc23)c1. The van der Waals surface area contributed by atoms with Crippen molar-refractivity contribution in [1.82, 2.24) is 4.98 Å². The number of hydrogen-bond donors (Lipinski definition) is 0. The van der Waals surface area contributed by atoms with Gasteiger partial charge in [0.15, 0.2) is 0 Å². The van der Waals surface area contributed by atoms with Crippen molar-refractivity contribution in [2.75, 3.05) is 0 Å². The summed E-state index contributed by atoms with van der Waals surface area (Å²) in [5.74, 6) is 0. The predicted octanol–water partition coefficient (Wildman–Crippen LogP) is 7.04. The molecule has 4 aromatic rings. The van der Waals surface area contributed by atoms with Crippen molar-refractivity contribution in [2.24, 2.45) is 0 Å². The molecule has 1 aromatic heterocycles. The fourth-order valence-electron chi connectivity index (χ4n) is 3.06. The molecular formula is C25H29NSiZr. The third-order valence-electron chi connectivity index (χ3n) is 4.83. The Kier molecular flexibility index (Phi) is 8.79. The van der Waals surface area contributed by atoms with Crippen LogP contribution in [0.25, 0.3) is 21.9 Å². The number of rotatable bonds is 1. The maximum Gasteiger partial charge on any atom is 0.0267 e. The third kappa shape index (κ3) is 6.22. The molecule has 0 aliphatic heterocycles. The molecule has 0 unspecified atom stereocenters. The minimum atomic E-state index is 0.210. The van der Waals surface area contributed by atoms with Crippen LogP contribution in [-0.4, -0.2) is 10.4 Å². The maximum atomic E-state index is 4.15. The predicted molar refractivity (Wildman–Crippen MR) is 121 cm³/mol. The Morgan fingerprint density at radius 3 is 2.00 bits per heavy atom. The van der Waals surface area contributed by atoms with Crippen LogP contribution in [0.3, 0.4) is 0 Å². The van der Waals surface area contributed by atoms with Gasteiger partial charge in [-0.3, -0.25) is 4.98 Å². The van der Waals surface area contributed by atoms with Crippen molar-refractivity contribution >= 4 is 16.2 Å². The third-order valence-corrected chi connectivity index (χ3v) is 4.83. The van der Waals surface area contributed by atoms with E-state index in [0.717, 1.165) is 0 Å². The number of aromatic nitrogens is 1. The monoisotopic (exact) mass is 461 g/mol. The summed E-state index contributed by atoms with van der Waals surface area (Å²) in [6.45, 7) is 13.3. The average molecular weight is 463 g/mol. The first kappa shape index (κ1) is 22.7. The van der Waals surface area contributed by atoms with E-state index in [1.54, 1.807) is 29.5 Å². The summed E-state index contributed by atoms with van der Waals surface area (Å²) >= 11 is 1.74. The quantitative estimate of drug-likeness (QED) is 0.218. The molecule has 0 amide bonds. The Bertz CT molecular complexity index is 1010. The summed E-state index contributed by atoms with van der Waals surface area (Å²) in [5, 5.41) is 2.59. The molecule has 1 nitrogen and oxygen atoms in total. The summed E-state index contributed by atoms with van der Waals surface area (Å²) in [6, 6.07) is 19.0. The number of aryl methyl sites for hydroxylation is 2. The van der Waals surface area contributed by atoms with Crippen molar-refractivity contribution in [3.63, 3.8) is 0 Å². The standard InChI is InChI=1S/C14H10N.C9H13.C2H6Si.Zr/c1-2-6-13-11(4-1)7-8-14(13)12-5-3-9-15-10-12;1-6-5-7(2)9(4)8(6)3;1-3-2;/h1-10H;5H,1-4H3;1-2H3;/q2*-1;;+2. The van der Waals surface area contributed by atoms with Crippen LogP contribution in [0.15, 0.2) is 67.0 Å². The number of hydrogen-bond acceptors (Lipinski definition) is 1. The van der Waals surface area contributed by atoms with Crippen LogP contribution in [-0.2, 0) is 23.3 Å². The Morgan fingerprint density at radius 2 is 1.50 bits per heavy atom. The van der Waals surface area contributed by atoms with E-state index in [9.17, 15) is 0 Å². The van der Waals surface area contributed by atoms with E-state index in [2.05, 4.69) is 94.3 Å². The normalized spacial score (nSPS) is 10.0. The van der Waals surface area contributed by atoms with Crippen molar-refractivity contribution in [1.29, 1.82) is 0 Å². The van der Waals surface area contributed by atoms with Crippen LogP contribution >= 0.6 is 0 Å². The maximum absolute atomic E-state index is 4.15. The van der Waals surface area contributed by atoms with Gasteiger partial charge in [0.25, 0.3) is 0 Å². The second-order valence-corrected chi connectivity index (χ2v) is 16.7. The van der Waals surface area contributed by atoms with Crippen LogP contribution < -0.4 is 0 Å². The van der Waals surface area contributed by atoms with Gasteiger partial charge < -0.3 is 0 Å². The number of pyridine rings is 1. The van der Waals surface area contributed by atoms with E-state index in [0.29, 0.717) is 0 Å². The van der Waals surface area contributed by atoms with Gasteiger partial charge in [0.05, 0.1) is 0 Å². The molecule has 142 valence electrons. The summed E-state index contributed by atoms with van der Waals surface area (Å²) < 4.78 is 0. The van der Waals surface area contributed by atoms with Gasteiger partial charge in [0.2, 0.25) is 0 Å². The molecule has 0 saturated heterocycles. The van der Waals surface area contributed by atoms with E-state index in [1.807, 2.05) is 12.3 Å². The van der Waals surface area contributed by atoms with Gasteiger partial charge in [0.1, 0.15) is 0 Å². The van der Waals surface area contributed by atoms with E-state index in [-0.39, 0.29) is 5.43 Å². The van der Waals surface area contributed by atoms with Crippen molar-refractivity contribution in [3.8, 4) is 11.1 Å². The molecule has 3 aromatic carbocycles. The van der Waals surface area contributed by atoms with E-state index < -0.39 is 0 Å². The molecule has 0 atom stereocenters. The van der Waals surface area contributed by atoms with E-state index >= 15 is 0 Å². The minimum absolute atomic E-state index is 0.210. The summed E-state index contributed by atoms with van der Waals surface area (Å²) in [5.41, 5.74) is 8.40. The van der Waals surface area contributed by atoms with Crippen LogP contribution in [0.4, 0.5) is 0 Å². The molecule has 0 bridgehead atoms. The topological polar surface area (TPSA) is 12.9 Å². The van der Waals surface area contributed by atoms with Gasteiger partial charge >= 0.3 is 41.9 Å². The van der Waals surface area contributed by atoms with Crippen molar-refractivity contribution in [3.05, 3.63) is 89.2 Å². The second-order valence-electron chi connectivity index (χ2n) is 7.34. The fourth-order valence-corrected chi connectivity index (χ4v) is 3.06. The molecule has 0 fully saturated rings. The molecule has 4 rings (SSSR count). The summed E-state index contributed by atoms with van der Waals surface area (Å²) in [4.78, 5) is 4.15. The molecule has 0 N–H and O–H groups in total. The Balaban J connectivity index is 0.000000184.